The fourth-order valence-corrected chi connectivity index (χ4v) is 1.95. The van der Waals surface area contributed by atoms with Gasteiger partial charge < -0.3 is 5.11 Å². The summed E-state index contributed by atoms with van der Waals surface area (Å²) < 4.78 is 4.60. The van der Waals surface area contributed by atoms with E-state index in [2.05, 4.69) is 19.8 Å². The van der Waals surface area contributed by atoms with Crippen molar-refractivity contribution in [2.75, 3.05) is 13.1 Å². The Bertz CT molecular complexity index is 358. The molecule has 88 valence electrons. The first-order valence-electron chi connectivity index (χ1n) is 5.50. The molecule has 1 aliphatic heterocycles. The quantitative estimate of drug-likeness (QED) is 0.811. The highest BCUT2D eigenvalue weighted by molar-refractivity contribution is 5.69. The number of hydrogen-bond acceptors (Lipinski definition) is 5. The lowest BCUT2D eigenvalue weighted by atomic mass is 10.1. The predicted octanol–water partition coefficient (Wildman–Crippen LogP) is 0.683. The van der Waals surface area contributed by atoms with E-state index in [1.54, 1.807) is 0 Å². The molecular formula is C10H15N3O3. The molecule has 0 saturated carbocycles. The molecule has 0 aromatic carbocycles. The van der Waals surface area contributed by atoms with Crippen molar-refractivity contribution in [1.29, 1.82) is 0 Å². The van der Waals surface area contributed by atoms with Gasteiger partial charge in [0.15, 0.2) is 0 Å². The van der Waals surface area contributed by atoms with Crippen LogP contribution in [0.25, 0.3) is 0 Å². The van der Waals surface area contributed by atoms with Gasteiger partial charge in [-0.2, -0.15) is 0 Å². The Hall–Kier alpha value is -1.43. The summed E-state index contributed by atoms with van der Waals surface area (Å²) in [6.07, 6.45) is 3.54. The molecule has 1 aliphatic rings. The second-order valence-corrected chi connectivity index (χ2v) is 4.06. The molecule has 2 rings (SSSR count). The lowest BCUT2D eigenvalue weighted by molar-refractivity contribution is -0.136. The Morgan fingerprint density at radius 2 is 1.94 bits per heavy atom. The van der Waals surface area contributed by atoms with E-state index >= 15 is 0 Å². The second-order valence-electron chi connectivity index (χ2n) is 4.06. The van der Waals surface area contributed by atoms with Crippen LogP contribution in [0.5, 0.6) is 0 Å². The van der Waals surface area contributed by atoms with Gasteiger partial charge in [-0.25, -0.2) is 4.63 Å². The first-order chi connectivity index (χ1) is 7.75. The highest BCUT2D eigenvalue weighted by Crippen LogP contribution is 2.13. The maximum Gasteiger partial charge on any atom is 0.309 e. The van der Waals surface area contributed by atoms with Gasteiger partial charge in [0.05, 0.1) is 6.42 Å². The van der Waals surface area contributed by atoms with Crippen LogP contribution in [-0.4, -0.2) is 39.4 Å². The fourth-order valence-electron chi connectivity index (χ4n) is 1.95. The van der Waals surface area contributed by atoms with Crippen LogP contribution in [0.3, 0.4) is 0 Å². The third-order valence-electron chi connectivity index (χ3n) is 2.78. The molecule has 0 aliphatic carbocycles. The largest absolute Gasteiger partial charge is 0.481 e. The molecule has 0 spiro atoms. The summed E-state index contributed by atoms with van der Waals surface area (Å²) in [5, 5.41) is 16.1. The molecule has 6 heteroatoms. The minimum Gasteiger partial charge on any atom is -0.481 e. The number of hydrogen-bond donors (Lipinski definition) is 1. The standard InChI is InChI=1S/C10H15N3O3/c14-10(15)6-8-9(12-16-11-8)7-13-4-2-1-3-5-13/h1-7H2,(H,14,15). The highest BCUT2D eigenvalue weighted by Gasteiger charge is 2.17. The normalized spacial score (nSPS) is 17.5. The van der Waals surface area contributed by atoms with Crippen LogP contribution < -0.4 is 0 Å². The van der Waals surface area contributed by atoms with E-state index in [0.717, 1.165) is 13.1 Å². The molecule has 1 aromatic heterocycles. The number of aromatic nitrogens is 2. The van der Waals surface area contributed by atoms with E-state index in [4.69, 9.17) is 5.11 Å². The van der Waals surface area contributed by atoms with Gasteiger partial charge in [0.25, 0.3) is 0 Å². The van der Waals surface area contributed by atoms with E-state index in [9.17, 15) is 4.79 Å². The topological polar surface area (TPSA) is 79.5 Å². The van der Waals surface area contributed by atoms with Crippen LogP contribution >= 0.6 is 0 Å². The molecule has 2 heterocycles. The summed E-state index contributed by atoms with van der Waals surface area (Å²) in [6, 6.07) is 0. The number of rotatable bonds is 4. The zero-order valence-electron chi connectivity index (χ0n) is 9.06. The van der Waals surface area contributed by atoms with E-state index in [1.807, 2.05) is 0 Å². The maximum atomic E-state index is 10.6. The van der Waals surface area contributed by atoms with E-state index in [-0.39, 0.29) is 6.42 Å². The van der Waals surface area contributed by atoms with Crippen molar-refractivity contribution in [2.45, 2.75) is 32.2 Å². The van der Waals surface area contributed by atoms with Crippen LogP contribution in [0.1, 0.15) is 30.7 Å². The van der Waals surface area contributed by atoms with Crippen molar-refractivity contribution >= 4 is 5.97 Å². The second kappa shape index (κ2) is 5.07. The van der Waals surface area contributed by atoms with Crippen molar-refractivity contribution < 1.29 is 14.5 Å². The fraction of sp³-hybridized carbons (Fsp3) is 0.700. The molecule has 1 N–H and O–H groups in total. The minimum atomic E-state index is -0.907. The average Bonchev–Trinajstić information content (AvgIpc) is 2.66. The lowest BCUT2D eigenvalue weighted by Gasteiger charge is -2.25. The molecule has 0 atom stereocenters. The van der Waals surface area contributed by atoms with E-state index < -0.39 is 5.97 Å². The van der Waals surface area contributed by atoms with Crippen molar-refractivity contribution in [3.8, 4) is 0 Å². The van der Waals surface area contributed by atoms with Gasteiger partial charge in [0.2, 0.25) is 0 Å². The smallest absolute Gasteiger partial charge is 0.309 e. The van der Waals surface area contributed by atoms with Gasteiger partial charge in [0.1, 0.15) is 11.4 Å². The van der Waals surface area contributed by atoms with Crippen LogP contribution in [0.4, 0.5) is 0 Å². The first kappa shape index (κ1) is 11.1. The molecule has 0 bridgehead atoms. The predicted molar refractivity (Wildman–Crippen MR) is 54.8 cm³/mol. The molecule has 16 heavy (non-hydrogen) atoms. The van der Waals surface area contributed by atoms with Gasteiger partial charge in [0, 0.05) is 6.54 Å². The summed E-state index contributed by atoms with van der Waals surface area (Å²) in [7, 11) is 0. The molecule has 0 unspecified atom stereocenters. The van der Waals surface area contributed by atoms with Crippen LogP contribution in [0.15, 0.2) is 4.63 Å². The van der Waals surface area contributed by atoms with Gasteiger partial charge in [-0.05, 0) is 25.9 Å². The number of carboxylic acid groups (broad SMARTS) is 1. The zero-order valence-corrected chi connectivity index (χ0v) is 9.06. The summed E-state index contributed by atoms with van der Waals surface area (Å²) in [6.45, 7) is 2.73. The van der Waals surface area contributed by atoms with Crippen molar-refractivity contribution in [2.24, 2.45) is 0 Å². The Labute approximate surface area is 93.2 Å². The van der Waals surface area contributed by atoms with Crippen LogP contribution in [0.2, 0.25) is 0 Å². The van der Waals surface area contributed by atoms with Gasteiger partial charge in [-0.15, -0.1) is 0 Å². The Morgan fingerprint density at radius 1 is 1.25 bits per heavy atom. The molecule has 0 amide bonds. The number of nitrogens with zero attached hydrogens (tertiary/aromatic N) is 3. The van der Waals surface area contributed by atoms with Crippen LogP contribution in [-0.2, 0) is 17.8 Å². The first-order valence-corrected chi connectivity index (χ1v) is 5.50. The number of carboxylic acids is 1. The van der Waals surface area contributed by atoms with Gasteiger partial charge in [-0.3, -0.25) is 9.69 Å². The molecule has 1 saturated heterocycles. The van der Waals surface area contributed by atoms with Gasteiger partial charge in [-0.1, -0.05) is 16.7 Å². The number of piperidine rings is 1. The maximum absolute atomic E-state index is 10.6. The van der Waals surface area contributed by atoms with E-state index in [0.29, 0.717) is 17.9 Å². The SMILES string of the molecule is O=C(O)Cc1nonc1CN1CCCCC1. The summed E-state index contributed by atoms with van der Waals surface area (Å²) >= 11 is 0. The van der Waals surface area contributed by atoms with Crippen molar-refractivity contribution in [1.82, 2.24) is 15.2 Å². The lowest BCUT2D eigenvalue weighted by Crippen LogP contribution is -2.29. The number of aliphatic carboxylic acids is 1. The number of carbonyl (C=O) groups is 1. The summed E-state index contributed by atoms with van der Waals surface area (Å²) in [4.78, 5) is 12.8. The minimum absolute atomic E-state index is 0.118. The zero-order chi connectivity index (χ0) is 11.4. The van der Waals surface area contributed by atoms with E-state index in [1.165, 1.54) is 19.3 Å². The Morgan fingerprint density at radius 3 is 2.62 bits per heavy atom. The molecule has 0 radical (unpaired) electrons. The molecular weight excluding hydrogens is 210 g/mol. The Kier molecular flexibility index (Phi) is 3.51. The van der Waals surface area contributed by atoms with Crippen molar-refractivity contribution in [3.63, 3.8) is 0 Å². The number of likely N-dealkylation sites (tertiary alicyclic amines) is 1. The van der Waals surface area contributed by atoms with Gasteiger partial charge >= 0.3 is 5.97 Å². The molecule has 1 aromatic rings. The average molecular weight is 225 g/mol. The third-order valence-corrected chi connectivity index (χ3v) is 2.78. The monoisotopic (exact) mass is 225 g/mol. The summed E-state index contributed by atoms with van der Waals surface area (Å²) in [5.41, 5.74) is 1.10. The molecule has 6 nitrogen and oxygen atoms in total. The third kappa shape index (κ3) is 2.79. The Balaban J connectivity index is 1.97. The highest BCUT2D eigenvalue weighted by atomic mass is 16.6. The molecule has 1 fully saturated rings. The van der Waals surface area contributed by atoms with Crippen LogP contribution in [0, 0.1) is 0 Å². The summed E-state index contributed by atoms with van der Waals surface area (Å²) in [5.74, 6) is -0.907. The van der Waals surface area contributed by atoms with Crippen molar-refractivity contribution in [3.05, 3.63) is 11.4 Å².